The van der Waals surface area contributed by atoms with Crippen molar-refractivity contribution in [1.82, 2.24) is 0 Å². The van der Waals surface area contributed by atoms with Crippen LogP contribution in [-0.4, -0.2) is 0 Å². The zero-order chi connectivity index (χ0) is 19.1. The summed E-state index contributed by atoms with van der Waals surface area (Å²) in [7, 11) is 0. The van der Waals surface area contributed by atoms with Crippen LogP contribution < -0.4 is 0 Å². The molecule has 2 saturated carbocycles. The standard InChI is InChI=1S/2C5H10.6CO.2Cr/c2*1-2-4-5-3-1;6*1-2;;/h2*1-5H2;;;;;;;;. The number of rotatable bonds is 0. The molecule has 2 rings (SSSR count). The molecule has 0 aromatic rings. The molecule has 24 heavy (non-hydrogen) atoms. The summed E-state index contributed by atoms with van der Waals surface area (Å²) in [5.41, 5.74) is 0. The SMILES string of the molecule is C1CCCC1.C1CCCC1.[C-]#[O+].[C-]#[O+].[C-]#[O+].[C-]#[O+].[C-]#[O+].[C-]#[O+].[Cr].[Cr]. The Kier molecular flexibility index (Phi) is 238. The third-order valence-electron chi connectivity index (χ3n) is 2.50. The van der Waals surface area contributed by atoms with Crippen LogP contribution in [0.2, 0.25) is 0 Å². The Labute approximate surface area is 166 Å². The minimum absolute atomic E-state index is 0. The van der Waals surface area contributed by atoms with Gasteiger partial charge in [-0.1, -0.05) is 64.2 Å². The molecule has 132 valence electrons. The van der Waals surface area contributed by atoms with Crippen molar-refractivity contribution in [2.24, 2.45) is 0 Å². The topological polar surface area (TPSA) is 119 Å². The molecular weight excluding hydrogens is 392 g/mol. The van der Waals surface area contributed by atoms with Crippen molar-refractivity contribution < 1.29 is 62.6 Å². The zero-order valence-corrected chi connectivity index (χ0v) is 15.9. The van der Waals surface area contributed by atoms with Crippen LogP contribution in [0.15, 0.2) is 0 Å². The monoisotopic (exact) mass is 412 g/mol. The second-order valence-electron chi connectivity index (χ2n) is 3.54. The summed E-state index contributed by atoms with van der Waals surface area (Å²) in [6.07, 6.45) is 15.0. The second kappa shape index (κ2) is 115. The van der Waals surface area contributed by atoms with Gasteiger partial charge in [-0.05, 0) is 0 Å². The van der Waals surface area contributed by atoms with Gasteiger partial charge in [-0.15, -0.1) is 0 Å². The van der Waals surface area contributed by atoms with Crippen LogP contribution in [0.4, 0.5) is 0 Å². The predicted molar refractivity (Wildman–Crippen MR) is 69.7 cm³/mol. The second-order valence-corrected chi connectivity index (χ2v) is 3.54. The first kappa shape index (κ1) is 49.5. The molecule has 0 saturated heterocycles. The van der Waals surface area contributed by atoms with E-state index >= 15 is 0 Å². The number of hydrogen-bond donors (Lipinski definition) is 0. The normalized spacial score (nSPS) is 10.5. The Hall–Kier alpha value is -0.495. The van der Waals surface area contributed by atoms with Crippen LogP contribution in [0.25, 0.3) is 0 Å². The van der Waals surface area contributed by atoms with E-state index in [2.05, 4.69) is 39.9 Å². The minimum atomic E-state index is 0. The van der Waals surface area contributed by atoms with Crippen molar-refractivity contribution in [3.63, 3.8) is 0 Å². The molecular formula is C16H20Cr2O6. The first-order valence-corrected chi connectivity index (χ1v) is 6.22. The maximum Gasteiger partial charge on any atom is 0 e. The smallest absolute Gasteiger partial charge is 0 e. The minimum Gasteiger partial charge on any atom is 0 e. The molecule has 8 heteroatoms. The van der Waals surface area contributed by atoms with Gasteiger partial charge in [-0.2, -0.15) is 0 Å². The van der Waals surface area contributed by atoms with Crippen molar-refractivity contribution >= 4 is 0 Å². The van der Waals surface area contributed by atoms with Gasteiger partial charge in [0.05, 0.1) is 0 Å². The summed E-state index contributed by atoms with van der Waals surface area (Å²) in [5, 5.41) is 0. The molecule has 0 spiro atoms. The first-order valence-electron chi connectivity index (χ1n) is 6.22. The van der Waals surface area contributed by atoms with Gasteiger partial charge in [0.15, 0.2) is 0 Å². The van der Waals surface area contributed by atoms with Crippen LogP contribution in [0.1, 0.15) is 64.2 Å². The van der Waals surface area contributed by atoms with Gasteiger partial charge in [0.1, 0.15) is 0 Å². The van der Waals surface area contributed by atoms with Gasteiger partial charge in [0, 0.05) is 34.7 Å². The fraction of sp³-hybridized carbons (Fsp3) is 0.625. The maximum atomic E-state index is 7.50. The van der Waals surface area contributed by atoms with E-state index in [0.717, 1.165) is 0 Å². The van der Waals surface area contributed by atoms with Crippen LogP contribution in [-0.2, 0) is 62.6 Å². The van der Waals surface area contributed by atoms with Gasteiger partial charge in [-0.3, -0.25) is 0 Å². The molecule has 0 bridgehead atoms. The third kappa shape index (κ3) is 100. The molecule has 2 aliphatic carbocycles. The van der Waals surface area contributed by atoms with E-state index in [1.165, 1.54) is 64.2 Å². The third-order valence-corrected chi connectivity index (χ3v) is 2.50. The molecule has 0 atom stereocenters. The average molecular weight is 412 g/mol. The molecule has 0 heterocycles. The molecule has 0 aromatic carbocycles. The fourth-order valence-electron chi connectivity index (χ4n) is 1.77. The van der Waals surface area contributed by atoms with Gasteiger partial charge in [-0.25, -0.2) is 0 Å². The van der Waals surface area contributed by atoms with Crippen molar-refractivity contribution in [2.75, 3.05) is 0 Å². The molecule has 6 nitrogen and oxygen atoms in total. The molecule has 2 fully saturated rings. The van der Waals surface area contributed by atoms with E-state index in [1.807, 2.05) is 0 Å². The molecule has 0 unspecified atom stereocenters. The first-order chi connectivity index (χ1) is 11.0. The summed E-state index contributed by atoms with van der Waals surface area (Å²) in [5.74, 6) is 0. The molecule has 0 amide bonds. The molecule has 0 radical (unpaired) electrons. The zero-order valence-electron chi connectivity index (χ0n) is 13.3. The summed E-state index contributed by atoms with van der Waals surface area (Å²) in [6.45, 7) is 27.0. The summed E-state index contributed by atoms with van der Waals surface area (Å²) in [4.78, 5) is 0. The van der Waals surface area contributed by atoms with Crippen LogP contribution >= 0.6 is 0 Å². The van der Waals surface area contributed by atoms with E-state index < -0.39 is 0 Å². The molecule has 0 aromatic heterocycles. The van der Waals surface area contributed by atoms with Gasteiger partial charge in [0.25, 0.3) is 0 Å². The van der Waals surface area contributed by atoms with E-state index in [0.29, 0.717) is 0 Å². The van der Waals surface area contributed by atoms with E-state index in [-0.39, 0.29) is 34.7 Å². The van der Waals surface area contributed by atoms with E-state index in [1.54, 1.807) is 0 Å². The Morgan fingerprint density at radius 1 is 0.250 bits per heavy atom. The Morgan fingerprint density at radius 2 is 0.292 bits per heavy atom. The molecule has 0 N–H and O–H groups in total. The summed E-state index contributed by atoms with van der Waals surface area (Å²) >= 11 is 0. The van der Waals surface area contributed by atoms with E-state index in [9.17, 15) is 0 Å². The van der Waals surface area contributed by atoms with Crippen molar-refractivity contribution in [3.8, 4) is 0 Å². The van der Waals surface area contributed by atoms with Crippen LogP contribution in [0.5, 0.6) is 0 Å². The molecule has 2 aliphatic rings. The fourth-order valence-corrected chi connectivity index (χ4v) is 1.77. The van der Waals surface area contributed by atoms with Crippen LogP contribution in [0, 0.1) is 39.9 Å². The largest absolute Gasteiger partial charge is 0 e. The van der Waals surface area contributed by atoms with Crippen LogP contribution in [0.3, 0.4) is 0 Å². The summed E-state index contributed by atoms with van der Waals surface area (Å²) < 4.78 is 45.0. The predicted octanol–water partition coefficient (Wildman–Crippen LogP) is 3.67. The van der Waals surface area contributed by atoms with Gasteiger partial charge < -0.3 is 0 Å². The quantitative estimate of drug-likeness (QED) is 0.426. The summed E-state index contributed by atoms with van der Waals surface area (Å²) in [6, 6.07) is 0. The Balaban J connectivity index is -0.0000000213. The average Bonchev–Trinajstić information content (AvgIpc) is 3.43. The van der Waals surface area contributed by atoms with Gasteiger partial charge in [0.2, 0.25) is 0 Å². The van der Waals surface area contributed by atoms with Gasteiger partial charge >= 0.3 is 67.8 Å². The number of hydrogen-bond acceptors (Lipinski definition) is 0. The Bertz CT molecular complexity index is 189. The van der Waals surface area contributed by atoms with Crippen molar-refractivity contribution in [2.45, 2.75) is 64.2 Å². The van der Waals surface area contributed by atoms with Crippen molar-refractivity contribution in [3.05, 3.63) is 39.9 Å². The maximum absolute atomic E-state index is 7.50. The van der Waals surface area contributed by atoms with E-state index in [4.69, 9.17) is 27.9 Å². The molecule has 0 aliphatic heterocycles. The van der Waals surface area contributed by atoms with Crippen molar-refractivity contribution in [1.29, 1.82) is 0 Å². The Morgan fingerprint density at radius 3 is 0.333 bits per heavy atom.